The van der Waals surface area contributed by atoms with E-state index in [1.807, 2.05) is 19.2 Å². The number of nitrogens with one attached hydrogen (secondary N) is 1. The van der Waals surface area contributed by atoms with Crippen molar-refractivity contribution in [1.82, 2.24) is 0 Å². The molecule has 0 bridgehead atoms. The number of ketones is 1. The number of carbonyl (C=O) groups excluding carboxylic acids is 3. The Bertz CT molecular complexity index is 1330. The number of thiophene rings is 3. The number of hydrogen-bond acceptors (Lipinski definition) is 10. The molecule has 3 aromatic heterocycles. The van der Waals surface area contributed by atoms with Crippen LogP contribution in [0.2, 0.25) is 0 Å². The SMILES string of the molecule is CCOC(=O)c1c(NC(=O)c2c(SCC#N)sc3c(N)scc23)sc2c1CC(C)(C)CC2=O. The lowest BCUT2D eigenvalue weighted by atomic mass is 9.75. The number of nitrogens with zero attached hydrogens (tertiary/aromatic N) is 1. The number of anilines is 2. The van der Waals surface area contributed by atoms with E-state index in [1.165, 1.54) is 34.4 Å². The minimum absolute atomic E-state index is 0.0360. The number of carbonyl (C=O) groups is 3. The van der Waals surface area contributed by atoms with Gasteiger partial charge in [0.2, 0.25) is 0 Å². The predicted octanol–water partition coefficient (Wildman–Crippen LogP) is 5.81. The molecule has 3 aromatic rings. The Morgan fingerprint density at radius 1 is 1.30 bits per heavy atom. The van der Waals surface area contributed by atoms with E-state index in [4.69, 9.17) is 15.7 Å². The summed E-state index contributed by atoms with van der Waals surface area (Å²) in [6.07, 6.45) is 0.923. The summed E-state index contributed by atoms with van der Waals surface area (Å²) in [5.74, 6) is -0.802. The summed E-state index contributed by atoms with van der Waals surface area (Å²) in [6, 6.07) is 2.08. The van der Waals surface area contributed by atoms with Crippen molar-refractivity contribution in [3.8, 4) is 6.07 Å². The van der Waals surface area contributed by atoms with Gasteiger partial charge in [0, 0.05) is 17.2 Å². The zero-order valence-corrected chi connectivity index (χ0v) is 21.5. The molecule has 3 N–H and O–H groups in total. The van der Waals surface area contributed by atoms with Crippen molar-refractivity contribution in [1.29, 1.82) is 5.26 Å². The van der Waals surface area contributed by atoms with Gasteiger partial charge in [0.25, 0.3) is 5.91 Å². The van der Waals surface area contributed by atoms with Crippen LogP contribution in [-0.2, 0) is 11.2 Å². The Labute approximate surface area is 206 Å². The molecule has 0 saturated heterocycles. The highest BCUT2D eigenvalue weighted by molar-refractivity contribution is 8.01. The van der Waals surface area contributed by atoms with E-state index in [1.54, 1.807) is 6.92 Å². The summed E-state index contributed by atoms with van der Waals surface area (Å²) in [6.45, 7) is 5.87. The Morgan fingerprint density at radius 3 is 2.76 bits per heavy atom. The van der Waals surface area contributed by atoms with E-state index in [0.29, 0.717) is 43.1 Å². The van der Waals surface area contributed by atoms with E-state index >= 15 is 0 Å². The standard InChI is InChI=1S/C22H21N3O4S4/c1-4-29-20(28)14-10-7-22(2,3)8-12(26)15(10)32-19(14)25-18(27)13-11-9-31-17(24)16(11)33-21(13)30-6-5-23/h9H,4,6-8,24H2,1-3H3,(H,25,27). The quantitative estimate of drug-likeness (QED) is 0.311. The number of ether oxygens (including phenoxy) is 1. The minimum Gasteiger partial charge on any atom is -0.462 e. The minimum atomic E-state index is -0.551. The summed E-state index contributed by atoms with van der Waals surface area (Å²) in [7, 11) is 0. The van der Waals surface area contributed by atoms with Crippen molar-refractivity contribution in [3.05, 3.63) is 26.9 Å². The van der Waals surface area contributed by atoms with Crippen LogP contribution >= 0.6 is 45.8 Å². The predicted molar refractivity (Wildman–Crippen MR) is 135 cm³/mol. The van der Waals surface area contributed by atoms with Gasteiger partial charge in [-0.15, -0.1) is 34.0 Å². The van der Waals surface area contributed by atoms with Crippen LogP contribution in [0.25, 0.3) is 10.1 Å². The molecule has 3 heterocycles. The van der Waals surface area contributed by atoms with E-state index in [-0.39, 0.29) is 29.1 Å². The third-order valence-electron chi connectivity index (χ3n) is 5.20. The van der Waals surface area contributed by atoms with Crippen LogP contribution in [0.5, 0.6) is 0 Å². The van der Waals surface area contributed by atoms with Gasteiger partial charge in [0.15, 0.2) is 5.78 Å². The van der Waals surface area contributed by atoms with E-state index < -0.39 is 11.9 Å². The first-order chi connectivity index (χ1) is 15.7. The van der Waals surface area contributed by atoms with Crippen LogP contribution in [0.15, 0.2) is 9.59 Å². The molecule has 0 aliphatic heterocycles. The highest BCUT2D eigenvalue weighted by Gasteiger charge is 2.38. The summed E-state index contributed by atoms with van der Waals surface area (Å²) >= 11 is 5.12. The molecule has 33 heavy (non-hydrogen) atoms. The summed E-state index contributed by atoms with van der Waals surface area (Å²) < 4.78 is 6.77. The summed E-state index contributed by atoms with van der Waals surface area (Å²) in [5, 5.41) is 15.4. The van der Waals surface area contributed by atoms with Gasteiger partial charge in [0.1, 0.15) is 10.0 Å². The molecular weight excluding hydrogens is 499 g/mol. The maximum absolute atomic E-state index is 13.5. The molecular formula is C22H21N3O4S4. The molecule has 0 fully saturated rings. The largest absolute Gasteiger partial charge is 0.462 e. The molecule has 0 saturated carbocycles. The molecule has 0 unspecified atom stereocenters. The number of esters is 1. The number of nitrogen functional groups attached to an aromatic ring is 1. The molecule has 4 rings (SSSR count). The fourth-order valence-corrected chi connectivity index (χ4v) is 8.14. The number of thioether (sulfide) groups is 1. The molecule has 0 spiro atoms. The van der Waals surface area contributed by atoms with Crippen LogP contribution in [0.3, 0.4) is 0 Å². The molecule has 11 heteroatoms. The second-order valence-electron chi connectivity index (χ2n) is 8.28. The van der Waals surface area contributed by atoms with Gasteiger partial charge in [-0.1, -0.05) is 25.6 Å². The van der Waals surface area contributed by atoms with Gasteiger partial charge in [0.05, 0.1) is 43.3 Å². The lowest BCUT2D eigenvalue weighted by Crippen LogP contribution is -2.27. The molecule has 1 amide bonds. The highest BCUT2D eigenvalue weighted by atomic mass is 32.2. The van der Waals surface area contributed by atoms with Crippen LogP contribution in [-0.4, -0.2) is 30.0 Å². The lowest BCUT2D eigenvalue weighted by Gasteiger charge is -2.28. The zero-order chi connectivity index (χ0) is 23.9. The van der Waals surface area contributed by atoms with E-state index in [0.717, 1.165) is 21.4 Å². The van der Waals surface area contributed by atoms with Gasteiger partial charge in [-0.2, -0.15) is 5.26 Å². The monoisotopic (exact) mass is 519 g/mol. The van der Waals surface area contributed by atoms with E-state index in [9.17, 15) is 14.4 Å². The highest BCUT2D eigenvalue weighted by Crippen LogP contribution is 2.46. The Morgan fingerprint density at radius 2 is 2.06 bits per heavy atom. The fourth-order valence-electron chi connectivity index (χ4n) is 3.90. The second kappa shape index (κ2) is 9.10. The first-order valence-corrected chi connectivity index (χ1v) is 13.6. The van der Waals surface area contributed by atoms with Crippen molar-refractivity contribution in [2.24, 2.45) is 5.41 Å². The van der Waals surface area contributed by atoms with Crippen LogP contribution in [0, 0.1) is 16.7 Å². The van der Waals surface area contributed by atoms with Crippen molar-refractivity contribution >= 4 is 83.5 Å². The first kappa shape index (κ1) is 23.8. The number of fused-ring (bicyclic) bond motifs is 2. The number of nitriles is 1. The zero-order valence-electron chi connectivity index (χ0n) is 18.2. The molecule has 1 aliphatic carbocycles. The average molecular weight is 520 g/mol. The lowest BCUT2D eigenvalue weighted by molar-refractivity contribution is 0.0526. The second-order valence-corrected chi connectivity index (χ2v) is 12.5. The van der Waals surface area contributed by atoms with Crippen LogP contribution in [0.1, 0.15) is 63.1 Å². The molecule has 0 radical (unpaired) electrons. The number of nitrogens with two attached hydrogens (primary N) is 1. The van der Waals surface area contributed by atoms with E-state index in [2.05, 4.69) is 11.4 Å². The van der Waals surface area contributed by atoms with Crippen LogP contribution < -0.4 is 11.1 Å². The van der Waals surface area contributed by atoms with Gasteiger partial charge < -0.3 is 15.8 Å². The molecule has 0 atom stereocenters. The first-order valence-electron chi connectivity index (χ1n) is 10.1. The fraction of sp³-hybridized carbons (Fsp3) is 0.364. The van der Waals surface area contributed by atoms with Crippen molar-refractivity contribution in [2.75, 3.05) is 23.4 Å². The Balaban J connectivity index is 1.79. The number of rotatable bonds is 6. The maximum atomic E-state index is 13.5. The van der Waals surface area contributed by atoms with Gasteiger partial charge in [-0.05, 0) is 24.3 Å². The van der Waals surface area contributed by atoms with Gasteiger partial charge in [-0.25, -0.2) is 4.79 Å². The van der Waals surface area contributed by atoms with Crippen LogP contribution in [0.4, 0.5) is 10.0 Å². The molecule has 0 aromatic carbocycles. The summed E-state index contributed by atoms with van der Waals surface area (Å²) in [4.78, 5) is 39.7. The smallest absolute Gasteiger partial charge is 0.341 e. The number of hydrogen-bond donors (Lipinski definition) is 2. The van der Waals surface area contributed by atoms with Crippen molar-refractivity contribution in [3.63, 3.8) is 0 Å². The van der Waals surface area contributed by atoms with Crippen molar-refractivity contribution < 1.29 is 19.1 Å². The summed E-state index contributed by atoms with van der Waals surface area (Å²) in [5.41, 5.74) is 7.11. The third kappa shape index (κ3) is 4.40. The third-order valence-corrected chi connectivity index (χ3v) is 9.70. The topological polar surface area (TPSA) is 122 Å². The average Bonchev–Trinajstić information content (AvgIpc) is 3.38. The van der Waals surface area contributed by atoms with Gasteiger partial charge >= 0.3 is 5.97 Å². The normalized spacial score (nSPS) is 14.7. The number of Topliss-reactive ketones (excluding diaryl/α,β-unsaturated/α-hetero) is 1. The maximum Gasteiger partial charge on any atom is 0.341 e. The van der Waals surface area contributed by atoms with Crippen molar-refractivity contribution in [2.45, 2.75) is 37.8 Å². The molecule has 1 aliphatic rings. The molecule has 172 valence electrons. The Hall–Kier alpha value is -2.39. The van der Waals surface area contributed by atoms with Gasteiger partial charge in [-0.3, -0.25) is 9.59 Å². The Kier molecular flexibility index (Phi) is 6.55. The molecule has 7 nitrogen and oxygen atoms in total. The number of amides is 1.